The summed E-state index contributed by atoms with van der Waals surface area (Å²) < 4.78 is 32.3. The van der Waals surface area contributed by atoms with Crippen molar-refractivity contribution in [1.29, 1.82) is 0 Å². The minimum Gasteiger partial charge on any atom is -0.379 e. The number of non-ortho nitro benzene ring substituents is 1. The highest BCUT2D eigenvalue weighted by atomic mass is 32.2. The number of rotatable bonds is 7. The summed E-state index contributed by atoms with van der Waals surface area (Å²) in [6.07, 6.45) is 0. The van der Waals surface area contributed by atoms with Crippen molar-refractivity contribution in [3.63, 3.8) is 0 Å². The van der Waals surface area contributed by atoms with Crippen LogP contribution in [0.3, 0.4) is 0 Å². The zero-order valence-corrected chi connectivity index (χ0v) is 19.4. The first-order valence-corrected chi connectivity index (χ1v) is 12.5. The van der Waals surface area contributed by atoms with E-state index in [4.69, 9.17) is 4.74 Å². The highest BCUT2D eigenvalue weighted by Crippen LogP contribution is 2.22. The van der Waals surface area contributed by atoms with Gasteiger partial charge in [0.1, 0.15) is 0 Å². The smallest absolute Gasteiger partial charge is 0.269 e. The zero-order chi connectivity index (χ0) is 24.1. The van der Waals surface area contributed by atoms with E-state index in [0.29, 0.717) is 58.2 Å². The van der Waals surface area contributed by atoms with Gasteiger partial charge in [0.25, 0.3) is 5.69 Å². The number of carbonyl (C=O) groups excluding carboxylic acids is 1. The normalized spacial score (nSPS) is 17.9. The molecular formula is C22H27N5O6S. The summed E-state index contributed by atoms with van der Waals surface area (Å²) in [4.78, 5) is 27.3. The molecule has 2 fully saturated rings. The minimum atomic E-state index is -3.64. The molecule has 2 heterocycles. The molecule has 1 N–H and O–H groups in total. The summed E-state index contributed by atoms with van der Waals surface area (Å²) in [6.45, 7) is 4.26. The Bertz CT molecular complexity index is 1130. The maximum Gasteiger partial charge on any atom is 0.269 e. The number of amides is 1. The lowest BCUT2D eigenvalue weighted by Crippen LogP contribution is -2.48. The van der Waals surface area contributed by atoms with E-state index in [2.05, 4.69) is 10.2 Å². The molecule has 0 atom stereocenters. The molecule has 0 saturated carbocycles. The number of nitro benzene ring substituents is 1. The Morgan fingerprint density at radius 3 is 2.32 bits per heavy atom. The minimum absolute atomic E-state index is 0.0564. The number of nitrogens with one attached hydrogen (secondary N) is 1. The summed E-state index contributed by atoms with van der Waals surface area (Å²) >= 11 is 0. The van der Waals surface area contributed by atoms with Crippen molar-refractivity contribution in [3.8, 4) is 0 Å². The van der Waals surface area contributed by atoms with E-state index in [9.17, 15) is 23.3 Å². The SMILES string of the molecule is O=C(CN1CCN(c2ccc([N+](=O)[O-])cc2)CC1)Nc1cccc(S(=O)(=O)N2CCOCC2)c1. The lowest BCUT2D eigenvalue weighted by molar-refractivity contribution is -0.384. The van der Waals surface area contributed by atoms with Gasteiger partial charge in [-0.15, -0.1) is 0 Å². The molecule has 4 rings (SSSR count). The van der Waals surface area contributed by atoms with Gasteiger partial charge in [-0.25, -0.2) is 8.42 Å². The van der Waals surface area contributed by atoms with Gasteiger partial charge in [-0.2, -0.15) is 4.31 Å². The van der Waals surface area contributed by atoms with Crippen molar-refractivity contribution < 1.29 is 22.9 Å². The molecule has 34 heavy (non-hydrogen) atoms. The first kappa shape index (κ1) is 24.1. The van der Waals surface area contributed by atoms with Crippen LogP contribution in [0.15, 0.2) is 53.4 Å². The van der Waals surface area contributed by atoms with E-state index in [1.54, 1.807) is 24.3 Å². The molecule has 0 aromatic heterocycles. The number of morpholine rings is 1. The fraction of sp³-hybridized carbons (Fsp3) is 0.409. The Balaban J connectivity index is 1.30. The quantitative estimate of drug-likeness (QED) is 0.457. The predicted octanol–water partition coefficient (Wildman–Crippen LogP) is 1.38. The molecule has 11 nitrogen and oxygen atoms in total. The van der Waals surface area contributed by atoms with E-state index in [-0.39, 0.29) is 23.0 Å². The van der Waals surface area contributed by atoms with Crippen molar-refractivity contribution in [2.24, 2.45) is 0 Å². The zero-order valence-electron chi connectivity index (χ0n) is 18.6. The van der Waals surface area contributed by atoms with Crippen LogP contribution in [-0.4, -0.2) is 87.5 Å². The highest BCUT2D eigenvalue weighted by molar-refractivity contribution is 7.89. The lowest BCUT2D eigenvalue weighted by Gasteiger charge is -2.35. The Labute approximate surface area is 198 Å². The number of nitro groups is 1. The molecule has 0 unspecified atom stereocenters. The van der Waals surface area contributed by atoms with E-state index in [1.165, 1.54) is 28.6 Å². The number of benzene rings is 2. The Morgan fingerprint density at radius 2 is 1.68 bits per heavy atom. The first-order chi connectivity index (χ1) is 16.3. The Kier molecular flexibility index (Phi) is 7.41. The second-order valence-electron chi connectivity index (χ2n) is 8.13. The molecule has 0 radical (unpaired) electrons. The third kappa shape index (κ3) is 5.70. The topological polar surface area (TPSA) is 125 Å². The maximum atomic E-state index is 12.9. The molecule has 0 aliphatic carbocycles. The van der Waals surface area contributed by atoms with Crippen LogP contribution in [0.2, 0.25) is 0 Å². The number of ether oxygens (including phenoxy) is 1. The van der Waals surface area contributed by atoms with Gasteiger partial charge in [-0.1, -0.05) is 6.07 Å². The van der Waals surface area contributed by atoms with E-state index < -0.39 is 14.9 Å². The molecule has 182 valence electrons. The van der Waals surface area contributed by atoms with Gasteiger partial charge in [0, 0.05) is 62.8 Å². The lowest BCUT2D eigenvalue weighted by atomic mass is 10.2. The number of hydrogen-bond acceptors (Lipinski definition) is 8. The van der Waals surface area contributed by atoms with Gasteiger partial charge in [0.2, 0.25) is 15.9 Å². The van der Waals surface area contributed by atoms with E-state index in [0.717, 1.165) is 5.69 Å². The van der Waals surface area contributed by atoms with Gasteiger partial charge in [0.15, 0.2) is 0 Å². The molecular weight excluding hydrogens is 462 g/mol. The number of carbonyl (C=O) groups is 1. The van der Waals surface area contributed by atoms with Crippen LogP contribution in [0.4, 0.5) is 17.1 Å². The van der Waals surface area contributed by atoms with Gasteiger partial charge in [-0.3, -0.25) is 19.8 Å². The summed E-state index contributed by atoms with van der Waals surface area (Å²) in [7, 11) is -3.64. The van der Waals surface area contributed by atoms with Crippen LogP contribution in [0.1, 0.15) is 0 Å². The van der Waals surface area contributed by atoms with Crippen LogP contribution < -0.4 is 10.2 Å². The third-order valence-electron chi connectivity index (χ3n) is 5.89. The summed E-state index contributed by atoms with van der Waals surface area (Å²) in [5, 5.41) is 13.6. The monoisotopic (exact) mass is 489 g/mol. The number of anilines is 2. The highest BCUT2D eigenvalue weighted by Gasteiger charge is 2.26. The molecule has 2 aliphatic heterocycles. The fourth-order valence-electron chi connectivity index (χ4n) is 4.02. The molecule has 1 amide bonds. The maximum absolute atomic E-state index is 12.9. The van der Waals surface area contributed by atoms with Crippen LogP contribution in [0, 0.1) is 10.1 Å². The third-order valence-corrected chi connectivity index (χ3v) is 7.79. The first-order valence-electron chi connectivity index (χ1n) is 11.0. The standard InChI is InChI=1S/C22H27N5O6S/c28-22(17-24-8-10-25(11-9-24)19-4-6-20(7-5-19)27(29)30)23-18-2-1-3-21(16-18)34(31,32)26-12-14-33-15-13-26/h1-7,16H,8-15,17H2,(H,23,28). The van der Waals surface area contributed by atoms with Crippen LogP contribution in [0.5, 0.6) is 0 Å². The van der Waals surface area contributed by atoms with E-state index >= 15 is 0 Å². The van der Waals surface area contributed by atoms with Crippen molar-refractivity contribution >= 4 is 33.0 Å². The molecule has 12 heteroatoms. The second-order valence-corrected chi connectivity index (χ2v) is 10.1. The van der Waals surface area contributed by atoms with Crippen LogP contribution in [0.25, 0.3) is 0 Å². The van der Waals surface area contributed by atoms with Crippen LogP contribution >= 0.6 is 0 Å². The van der Waals surface area contributed by atoms with Crippen molar-refractivity contribution in [2.75, 3.05) is 69.2 Å². The van der Waals surface area contributed by atoms with Crippen molar-refractivity contribution in [2.45, 2.75) is 4.90 Å². The Morgan fingerprint density at radius 1 is 1.00 bits per heavy atom. The predicted molar refractivity (Wildman–Crippen MR) is 126 cm³/mol. The van der Waals surface area contributed by atoms with Gasteiger partial charge in [-0.05, 0) is 30.3 Å². The number of nitrogens with zero attached hydrogens (tertiary/aromatic N) is 4. The van der Waals surface area contributed by atoms with Gasteiger partial charge < -0.3 is 15.0 Å². The number of piperazine rings is 1. The molecule has 2 aromatic carbocycles. The average molecular weight is 490 g/mol. The van der Waals surface area contributed by atoms with Gasteiger partial charge >= 0.3 is 0 Å². The van der Waals surface area contributed by atoms with E-state index in [1.807, 2.05) is 4.90 Å². The summed E-state index contributed by atoms with van der Waals surface area (Å²) in [6, 6.07) is 12.7. The van der Waals surface area contributed by atoms with Crippen molar-refractivity contribution in [3.05, 3.63) is 58.6 Å². The molecule has 2 aliphatic rings. The average Bonchev–Trinajstić information content (AvgIpc) is 2.85. The number of hydrogen-bond donors (Lipinski definition) is 1. The molecule has 0 spiro atoms. The second kappa shape index (κ2) is 10.5. The summed E-state index contributed by atoms with van der Waals surface area (Å²) in [5.74, 6) is -0.218. The summed E-state index contributed by atoms with van der Waals surface area (Å²) in [5.41, 5.74) is 1.40. The fourth-order valence-corrected chi connectivity index (χ4v) is 5.48. The van der Waals surface area contributed by atoms with Gasteiger partial charge in [0.05, 0.1) is 29.6 Å². The molecule has 2 aromatic rings. The molecule has 2 saturated heterocycles. The molecule has 0 bridgehead atoms. The largest absolute Gasteiger partial charge is 0.379 e. The van der Waals surface area contributed by atoms with Crippen LogP contribution in [-0.2, 0) is 19.6 Å². The number of sulfonamides is 1. The Hall–Kier alpha value is -3.06. The van der Waals surface area contributed by atoms with Crippen molar-refractivity contribution in [1.82, 2.24) is 9.21 Å².